The van der Waals surface area contributed by atoms with Gasteiger partial charge in [-0.05, 0) is 43.2 Å². The molecule has 5 nitrogen and oxygen atoms in total. The molecule has 0 saturated carbocycles. The van der Waals surface area contributed by atoms with Crippen LogP contribution in [0.1, 0.15) is 48.1 Å². The summed E-state index contributed by atoms with van der Waals surface area (Å²) in [5.74, 6) is 0.376. The number of ether oxygens (including phenoxy) is 1. The minimum absolute atomic E-state index is 0.157. The maximum absolute atomic E-state index is 13.3. The van der Waals surface area contributed by atoms with Crippen molar-refractivity contribution in [2.75, 3.05) is 11.9 Å². The first-order valence-corrected chi connectivity index (χ1v) is 12.7. The lowest BCUT2D eigenvalue weighted by Gasteiger charge is -2.24. The van der Waals surface area contributed by atoms with Gasteiger partial charge in [0.05, 0.1) is 17.2 Å². The highest BCUT2D eigenvalue weighted by Crippen LogP contribution is 2.46. The van der Waals surface area contributed by atoms with Crippen molar-refractivity contribution in [3.05, 3.63) is 69.9 Å². The number of benzene rings is 2. The monoisotopic (exact) mass is 455 g/mol. The number of sulfone groups is 1. The topological polar surface area (TPSA) is 72.5 Å². The second kappa shape index (κ2) is 8.85. The van der Waals surface area contributed by atoms with Gasteiger partial charge in [0.1, 0.15) is 10.6 Å². The van der Waals surface area contributed by atoms with Gasteiger partial charge >= 0.3 is 0 Å². The largest absolute Gasteiger partial charge is 0.494 e. The number of nitrogens with one attached hydrogen (secondary N) is 1. The highest BCUT2D eigenvalue weighted by Gasteiger charge is 2.34. The molecule has 1 amide bonds. The van der Waals surface area contributed by atoms with Crippen molar-refractivity contribution in [2.45, 2.75) is 48.8 Å². The fourth-order valence-corrected chi connectivity index (χ4v) is 6.58. The van der Waals surface area contributed by atoms with E-state index in [0.29, 0.717) is 12.3 Å². The zero-order chi connectivity index (χ0) is 22.0. The van der Waals surface area contributed by atoms with Gasteiger partial charge in [0, 0.05) is 22.6 Å². The van der Waals surface area contributed by atoms with Crippen LogP contribution in [0.2, 0.25) is 0 Å². The molecule has 1 atom stereocenters. The molecular weight excluding hydrogens is 430 g/mol. The first-order chi connectivity index (χ1) is 14.9. The molecule has 1 aliphatic rings. The van der Waals surface area contributed by atoms with Crippen LogP contribution in [0.25, 0.3) is 0 Å². The van der Waals surface area contributed by atoms with Crippen LogP contribution in [0, 0.1) is 6.92 Å². The molecule has 0 aliphatic carbocycles. The summed E-state index contributed by atoms with van der Waals surface area (Å²) in [6.45, 7) is 4.67. The van der Waals surface area contributed by atoms with Gasteiger partial charge in [0.25, 0.3) is 0 Å². The first-order valence-electron chi connectivity index (χ1n) is 10.4. The predicted molar refractivity (Wildman–Crippen MR) is 123 cm³/mol. The van der Waals surface area contributed by atoms with E-state index in [1.54, 1.807) is 29.6 Å². The lowest BCUT2D eigenvalue weighted by atomic mass is 9.90. The number of unbranched alkanes of at least 4 members (excludes halogenated alkanes) is 1. The summed E-state index contributed by atoms with van der Waals surface area (Å²) in [7, 11) is -3.74. The molecular formula is C24H25NO4S2. The molecule has 2 aromatic carbocycles. The number of carbonyl (C=O) groups is 1. The number of aryl methyl sites for hydroxylation is 1. The summed E-state index contributed by atoms with van der Waals surface area (Å²) >= 11 is 1.37. The van der Waals surface area contributed by atoms with E-state index in [2.05, 4.69) is 12.2 Å². The van der Waals surface area contributed by atoms with Gasteiger partial charge in [-0.3, -0.25) is 4.79 Å². The number of anilines is 1. The number of carbonyl (C=O) groups excluding carboxylic acids is 1. The molecule has 4 rings (SSSR count). The molecule has 1 N–H and O–H groups in total. The van der Waals surface area contributed by atoms with Crippen LogP contribution in [0.5, 0.6) is 5.75 Å². The van der Waals surface area contributed by atoms with Gasteiger partial charge in [-0.1, -0.05) is 43.2 Å². The Morgan fingerprint density at radius 3 is 2.68 bits per heavy atom. The molecule has 0 spiro atoms. The summed E-state index contributed by atoms with van der Waals surface area (Å²) in [6, 6.07) is 14.5. The van der Waals surface area contributed by atoms with Crippen molar-refractivity contribution >= 4 is 32.8 Å². The Bertz CT molecular complexity index is 1200. The van der Waals surface area contributed by atoms with Crippen molar-refractivity contribution in [3.8, 4) is 5.75 Å². The van der Waals surface area contributed by atoms with Gasteiger partial charge < -0.3 is 10.1 Å². The van der Waals surface area contributed by atoms with Crippen molar-refractivity contribution in [1.82, 2.24) is 0 Å². The van der Waals surface area contributed by atoms with E-state index in [1.165, 1.54) is 11.3 Å². The number of fused-ring (bicyclic) bond motifs is 1. The lowest BCUT2D eigenvalue weighted by molar-refractivity contribution is -0.116. The average Bonchev–Trinajstić information content (AvgIpc) is 3.18. The molecule has 162 valence electrons. The zero-order valence-corrected chi connectivity index (χ0v) is 19.2. The van der Waals surface area contributed by atoms with Crippen LogP contribution in [0.15, 0.2) is 63.7 Å². The first kappa shape index (κ1) is 21.6. The minimum Gasteiger partial charge on any atom is -0.494 e. The molecule has 0 bridgehead atoms. The fourth-order valence-electron chi connectivity index (χ4n) is 3.67. The van der Waals surface area contributed by atoms with Crippen LogP contribution in [-0.2, 0) is 14.6 Å². The second-order valence-corrected chi connectivity index (χ2v) is 10.6. The molecule has 2 heterocycles. The van der Waals surface area contributed by atoms with E-state index in [0.717, 1.165) is 34.6 Å². The second-order valence-electron chi connectivity index (χ2n) is 7.74. The van der Waals surface area contributed by atoms with Crippen molar-refractivity contribution in [3.63, 3.8) is 0 Å². The molecule has 1 aliphatic heterocycles. The van der Waals surface area contributed by atoms with Gasteiger partial charge in [0.15, 0.2) is 0 Å². The highest BCUT2D eigenvalue weighted by molar-refractivity contribution is 7.91. The summed E-state index contributed by atoms with van der Waals surface area (Å²) in [5, 5.41) is 4.45. The summed E-state index contributed by atoms with van der Waals surface area (Å²) < 4.78 is 32.4. The Morgan fingerprint density at radius 2 is 1.94 bits per heavy atom. The van der Waals surface area contributed by atoms with Gasteiger partial charge in [-0.2, -0.15) is 0 Å². The van der Waals surface area contributed by atoms with Crippen LogP contribution in [0.3, 0.4) is 0 Å². The smallest absolute Gasteiger partial charge is 0.225 e. The normalized spacial score (nSPS) is 15.9. The van der Waals surface area contributed by atoms with Crippen molar-refractivity contribution < 1.29 is 17.9 Å². The van der Waals surface area contributed by atoms with Crippen LogP contribution in [0.4, 0.5) is 5.69 Å². The Balaban J connectivity index is 1.71. The third-order valence-corrected chi connectivity index (χ3v) is 8.44. The number of amides is 1. The number of hydrogen-bond donors (Lipinski definition) is 1. The molecule has 31 heavy (non-hydrogen) atoms. The van der Waals surface area contributed by atoms with E-state index in [1.807, 2.05) is 31.2 Å². The van der Waals surface area contributed by atoms with E-state index >= 15 is 0 Å². The summed E-state index contributed by atoms with van der Waals surface area (Å²) in [4.78, 5) is 13.8. The molecule has 7 heteroatoms. The Labute approximate surface area is 187 Å². The van der Waals surface area contributed by atoms with Crippen molar-refractivity contribution in [1.29, 1.82) is 0 Å². The average molecular weight is 456 g/mol. The third-order valence-electron chi connectivity index (χ3n) is 5.40. The maximum Gasteiger partial charge on any atom is 0.225 e. The molecule has 0 unspecified atom stereocenters. The summed E-state index contributed by atoms with van der Waals surface area (Å²) in [6.07, 6.45) is 2.31. The van der Waals surface area contributed by atoms with E-state index in [9.17, 15) is 13.2 Å². The van der Waals surface area contributed by atoms with Crippen molar-refractivity contribution in [2.24, 2.45) is 0 Å². The van der Waals surface area contributed by atoms with E-state index < -0.39 is 9.84 Å². The molecule has 3 aromatic rings. The molecule has 0 radical (unpaired) electrons. The maximum atomic E-state index is 13.3. The molecule has 0 saturated heterocycles. The van der Waals surface area contributed by atoms with Crippen LogP contribution < -0.4 is 10.1 Å². The molecule has 1 aromatic heterocycles. The lowest BCUT2D eigenvalue weighted by Crippen LogP contribution is -2.23. The minimum atomic E-state index is -3.74. The van der Waals surface area contributed by atoms with E-state index in [4.69, 9.17) is 4.74 Å². The van der Waals surface area contributed by atoms with Gasteiger partial charge in [0.2, 0.25) is 15.7 Å². The zero-order valence-electron chi connectivity index (χ0n) is 17.6. The molecule has 0 fully saturated rings. The van der Waals surface area contributed by atoms with Gasteiger partial charge in [-0.15, -0.1) is 11.3 Å². The van der Waals surface area contributed by atoms with Gasteiger partial charge in [-0.25, -0.2) is 8.42 Å². The van der Waals surface area contributed by atoms with E-state index in [-0.39, 0.29) is 28.0 Å². The quantitative estimate of drug-likeness (QED) is 0.475. The SMILES string of the molecule is CCCCOc1cccc([C@@H]2CC(=O)Nc3c(S(=O)(=O)c4ccc(C)cc4)csc32)c1. The number of hydrogen-bond acceptors (Lipinski definition) is 5. The number of rotatable bonds is 7. The standard InChI is InChI=1S/C24H25NO4S2/c1-3-4-12-29-18-7-5-6-17(13-18)20-14-22(26)25-23-21(15-30-24(20)23)31(27,28)19-10-8-16(2)9-11-19/h5-11,13,15,20H,3-4,12,14H2,1-2H3,(H,25,26)/t20-/m0/s1. The third kappa shape index (κ3) is 4.38. The fraction of sp³-hybridized carbons (Fsp3) is 0.292. The van der Waals surface area contributed by atoms with Crippen LogP contribution in [-0.4, -0.2) is 20.9 Å². The predicted octanol–water partition coefficient (Wildman–Crippen LogP) is 5.54. The Hall–Kier alpha value is -2.64. The Morgan fingerprint density at radius 1 is 1.16 bits per heavy atom. The summed E-state index contributed by atoms with van der Waals surface area (Å²) in [5.41, 5.74) is 2.34. The highest BCUT2D eigenvalue weighted by atomic mass is 32.2. The van der Waals surface area contributed by atoms with Crippen LogP contribution >= 0.6 is 11.3 Å². The Kier molecular flexibility index (Phi) is 6.16. The number of thiophene rings is 1.